The highest BCUT2D eigenvalue weighted by Gasteiger charge is 2.18. The van der Waals surface area contributed by atoms with Crippen LogP contribution in [0.3, 0.4) is 0 Å². The minimum atomic E-state index is -4.02. The first-order chi connectivity index (χ1) is 17.4. The van der Waals surface area contributed by atoms with Crippen LogP contribution in [0.4, 0.5) is 5.69 Å². The second kappa shape index (κ2) is 13.8. The van der Waals surface area contributed by atoms with Crippen molar-refractivity contribution in [1.82, 2.24) is 9.88 Å². The Morgan fingerprint density at radius 2 is 1.62 bits per heavy atom. The minimum absolute atomic E-state index is 0.0407. The molecular weight excluding hydrogens is 490 g/mol. The molecule has 0 saturated heterocycles. The molecule has 1 heterocycles. The second-order valence-electron chi connectivity index (χ2n) is 9.10. The number of carbonyl (C=O) groups is 1. The van der Waals surface area contributed by atoms with Crippen molar-refractivity contribution in [3.63, 3.8) is 0 Å². The molecule has 3 rings (SSSR count). The molecule has 0 aliphatic rings. The van der Waals surface area contributed by atoms with Gasteiger partial charge in [-0.15, -0.1) is 0 Å². The van der Waals surface area contributed by atoms with Gasteiger partial charge >= 0.3 is 0 Å². The Bertz CT molecular complexity index is 1250. The third kappa shape index (κ3) is 9.86. The van der Waals surface area contributed by atoms with E-state index in [0.29, 0.717) is 18.7 Å². The number of hydrogen-bond donors (Lipinski definition) is 2. The van der Waals surface area contributed by atoms with Crippen molar-refractivity contribution in [2.45, 2.75) is 58.5 Å². The van der Waals surface area contributed by atoms with E-state index in [1.165, 1.54) is 12.1 Å². The number of nitrogens with zero attached hydrogens (tertiary/aromatic N) is 2. The largest absolute Gasteiger partial charge is 0.491 e. The minimum Gasteiger partial charge on any atom is -0.491 e. The Morgan fingerprint density at radius 3 is 2.16 bits per heavy atom. The maximum Gasteiger partial charge on any atom is 0.294 e. The van der Waals surface area contributed by atoms with Gasteiger partial charge in [-0.3, -0.25) is 14.3 Å². The molecule has 3 aromatic rings. The van der Waals surface area contributed by atoms with Crippen molar-refractivity contribution in [3.8, 4) is 5.75 Å². The smallest absolute Gasteiger partial charge is 0.294 e. The molecule has 0 radical (unpaired) electrons. The first kappa shape index (κ1) is 29.8. The standard InChI is InChI=1S/C21H29N3O2.C7H8O3S/c1-6-24(15(2)3)21(25)18-11-16(4)12-20(13-18)26-14-17(5)23-19-7-9-22-10-8-19;1-6-2-4-7(5-3-6)11(8,9)10/h7-13,15,17H,6,14H2,1-5H3,(H,22,23);2-5H,1H3,(H,8,9,10)/t17-;/m0./s1. The average molecular weight is 528 g/mol. The molecule has 0 aliphatic carbocycles. The summed E-state index contributed by atoms with van der Waals surface area (Å²) in [5.41, 5.74) is 3.65. The van der Waals surface area contributed by atoms with Crippen molar-refractivity contribution in [2.24, 2.45) is 0 Å². The van der Waals surface area contributed by atoms with Gasteiger partial charge < -0.3 is 15.0 Å². The predicted molar refractivity (Wildman–Crippen MR) is 147 cm³/mol. The molecule has 0 bridgehead atoms. The first-order valence-corrected chi connectivity index (χ1v) is 13.6. The lowest BCUT2D eigenvalue weighted by atomic mass is 10.1. The number of rotatable bonds is 9. The van der Waals surface area contributed by atoms with Crippen LogP contribution < -0.4 is 10.1 Å². The molecule has 9 heteroatoms. The summed E-state index contributed by atoms with van der Waals surface area (Å²) in [5, 5.41) is 3.37. The molecule has 0 unspecified atom stereocenters. The van der Waals surface area contributed by atoms with Gasteiger partial charge in [0.15, 0.2) is 0 Å². The lowest BCUT2D eigenvalue weighted by Crippen LogP contribution is -2.36. The van der Waals surface area contributed by atoms with Crippen LogP contribution >= 0.6 is 0 Å². The van der Waals surface area contributed by atoms with Crippen LogP contribution in [0.15, 0.2) is 71.9 Å². The Balaban J connectivity index is 0.000000364. The lowest BCUT2D eigenvalue weighted by molar-refractivity contribution is 0.0716. The fourth-order valence-corrected chi connectivity index (χ4v) is 4.05. The summed E-state index contributed by atoms with van der Waals surface area (Å²) in [6.45, 7) is 13.1. The van der Waals surface area contributed by atoms with Crippen molar-refractivity contribution < 1.29 is 22.5 Å². The molecule has 1 amide bonds. The summed E-state index contributed by atoms with van der Waals surface area (Å²) in [6.07, 6.45) is 3.51. The number of anilines is 1. The van der Waals surface area contributed by atoms with Crippen molar-refractivity contribution in [1.29, 1.82) is 0 Å². The van der Waals surface area contributed by atoms with Crippen LogP contribution in [0, 0.1) is 13.8 Å². The second-order valence-corrected chi connectivity index (χ2v) is 10.5. The van der Waals surface area contributed by atoms with E-state index >= 15 is 0 Å². The highest BCUT2D eigenvalue weighted by Crippen LogP contribution is 2.20. The Hall–Kier alpha value is -3.43. The molecule has 2 N–H and O–H groups in total. The third-order valence-corrected chi connectivity index (χ3v) is 6.30. The molecule has 8 nitrogen and oxygen atoms in total. The Morgan fingerprint density at radius 1 is 1.00 bits per heavy atom. The van der Waals surface area contributed by atoms with Gasteiger partial charge in [0.25, 0.3) is 16.0 Å². The fraction of sp³-hybridized carbons (Fsp3) is 0.357. The number of ether oxygens (including phenoxy) is 1. The zero-order valence-electron chi connectivity index (χ0n) is 22.3. The van der Waals surface area contributed by atoms with Gasteiger partial charge in [0, 0.05) is 36.2 Å². The first-order valence-electron chi connectivity index (χ1n) is 12.2. The van der Waals surface area contributed by atoms with E-state index in [0.717, 1.165) is 22.6 Å². The molecule has 0 fully saturated rings. The van der Waals surface area contributed by atoms with Gasteiger partial charge in [-0.25, -0.2) is 0 Å². The monoisotopic (exact) mass is 527 g/mol. The zero-order chi connectivity index (χ0) is 27.6. The van der Waals surface area contributed by atoms with E-state index < -0.39 is 10.1 Å². The van der Waals surface area contributed by atoms with E-state index in [1.807, 2.05) is 69.9 Å². The van der Waals surface area contributed by atoms with Gasteiger partial charge in [-0.1, -0.05) is 17.7 Å². The number of hydrogen-bond acceptors (Lipinski definition) is 6. The van der Waals surface area contributed by atoms with Gasteiger partial charge in [0.2, 0.25) is 0 Å². The number of amides is 1. The van der Waals surface area contributed by atoms with Crippen molar-refractivity contribution >= 4 is 21.7 Å². The van der Waals surface area contributed by atoms with Crippen LogP contribution in [0.25, 0.3) is 0 Å². The number of aromatic nitrogens is 1. The van der Waals surface area contributed by atoms with E-state index in [2.05, 4.69) is 17.2 Å². The van der Waals surface area contributed by atoms with Crippen molar-refractivity contribution in [3.05, 3.63) is 83.7 Å². The summed E-state index contributed by atoms with van der Waals surface area (Å²) in [7, 11) is -4.02. The molecule has 37 heavy (non-hydrogen) atoms. The SMILES string of the molecule is CCN(C(=O)c1cc(C)cc(OC[C@H](C)Nc2ccncc2)c1)C(C)C.Cc1ccc(S(=O)(=O)O)cc1. The van der Waals surface area contributed by atoms with Crippen molar-refractivity contribution in [2.75, 3.05) is 18.5 Å². The van der Waals surface area contributed by atoms with E-state index in [9.17, 15) is 13.2 Å². The molecule has 0 aliphatic heterocycles. The van der Waals surface area contributed by atoms with E-state index in [1.54, 1.807) is 24.5 Å². The molecule has 2 aromatic carbocycles. The van der Waals surface area contributed by atoms with E-state index in [4.69, 9.17) is 9.29 Å². The van der Waals surface area contributed by atoms with Gasteiger partial charge in [0.1, 0.15) is 12.4 Å². The molecular formula is C28H37N3O5S. The number of pyridine rings is 1. The van der Waals surface area contributed by atoms with Gasteiger partial charge in [-0.05, 0) is 89.6 Å². The molecule has 200 valence electrons. The Labute approximate surface area is 220 Å². The lowest BCUT2D eigenvalue weighted by Gasteiger charge is -2.25. The van der Waals surface area contributed by atoms with E-state index in [-0.39, 0.29) is 22.9 Å². The van der Waals surface area contributed by atoms with Gasteiger partial charge in [-0.2, -0.15) is 8.42 Å². The highest BCUT2D eigenvalue weighted by molar-refractivity contribution is 7.85. The maximum absolute atomic E-state index is 12.8. The normalized spacial score (nSPS) is 11.8. The molecule has 1 atom stereocenters. The maximum atomic E-state index is 12.8. The van der Waals surface area contributed by atoms with Crippen LogP contribution in [0.5, 0.6) is 5.75 Å². The van der Waals surface area contributed by atoms with Crippen LogP contribution in [-0.4, -0.2) is 54.0 Å². The summed E-state index contributed by atoms with van der Waals surface area (Å²) < 4.78 is 35.5. The molecule has 0 saturated carbocycles. The summed E-state index contributed by atoms with van der Waals surface area (Å²) in [6, 6.07) is 15.8. The van der Waals surface area contributed by atoms with Gasteiger partial charge in [0.05, 0.1) is 10.9 Å². The molecule has 0 spiro atoms. The number of carbonyl (C=O) groups excluding carboxylic acids is 1. The predicted octanol–water partition coefficient (Wildman–Crippen LogP) is 5.38. The Kier molecular flexibility index (Phi) is 11.1. The number of aryl methyl sites for hydroxylation is 2. The zero-order valence-corrected chi connectivity index (χ0v) is 23.1. The average Bonchev–Trinajstić information content (AvgIpc) is 2.83. The number of benzene rings is 2. The molecule has 1 aromatic heterocycles. The fourth-order valence-electron chi connectivity index (χ4n) is 3.57. The van der Waals surface area contributed by atoms with Crippen LogP contribution in [-0.2, 0) is 10.1 Å². The summed E-state index contributed by atoms with van der Waals surface area (Å²) >= 11 is 0. The van der Waals surface area contributed by atoms with Crippen LogP contribution in [0.2, 0.25) is 0 Å². The summed E-state index contributed by atoms with van der Waals surface area (Å²) in [5.74, 6) is 0.760. The quantitative estimate of drug-likeness (QED) is 0.360. The summed E-state index contributed by atoms with van der Waals surface area (Å²) in [4.78, 5) is 18.5. The van der Waals surface area contributed by atoms with Crippen LogP contribution in [0.1, 0.15) is 49.2 Å². The topological polar surface area (TPSA) is 109 Å². The highest BCUT2D eigenvalue weighted by atomic mass is 32.2. The number of nitrogens with one attached hydrogen (secondary N) is 1. The third-order valence-electron chi connectivity index (χ3n) is 5.43.